The molecule has 1 aromatic rings. The lowest BCUT2D eigenvalue weighted by Gasteiger charge is -2.28. The van der Waals surface area contributed by atoms with E-state index >= 15 is 0 Å². The molecule has 1 aliphatic rings. The fourth-order valence-corrected chi connectivity index (χ4v) is 1.84. The third kappa shape index (κ3) is 2.98. The summed E-state index contributed by atoms with van der Waals surface area (Å²) >= 11 is 0. The molecule has 1 fully saturated rings. The van der Waals surface area contributed by atoms with Crippen LogP contribution in [0.15, 0.2) is 10.6 Å². The summed E-state index contributed by atoms with van der Waals surface area (Å²) < 4.78 is 4.87. The van der Waals surface area contributed by atoms with Crippen LogP contribution in [0.1, 0.15) is 36.0 Å². The first-order valence-corrected chi connectivity index (χ1v) is 5.51. The summed E-state index contributed by atoms with van der Waals surface area (Å²) in [4.78, 5) is 11.9. The summed E-state index contributed by atoms with van der Waals surface area (Å²) in [6.07, 6.45) is 2.26. The highest BCUT2D eigenvalue weighted by Gasteiger charge is 2.41. The van der Waals surface area contributed by atoms with E-state index in [2.05, 4.69) is 10.5 Å². The van der Waals surface area contributed by atoms with Crippen molar-refractivity contribution in [1.29, 1.82) is 0 Å². The Kier molecular flexibility index (Phi) is 4.16. The molecule has 0 aromatic carbocycles. The first-order valence-electron chi connectivity index (χ1n) is 5.51. The number of carbonyl (C=O) groups is 1. The first kappa shape index (κ1) is 14.0. The molecule has 1 atom stereocenters. The smallest absolute Gasteiger partial charge is 0.273 e. The van der Waals surface area contributed by atoms with Crippen molar-refractivity contribution in [3.63, 3.8) is 0 Å². The van der Waals surface area contributed by atoms with Gasteiger partial charge in [-0.3, -0.25) is 4.79 Å². The molecule has 1 amide bonds. The summed E-state index contributed by atoms with van der Waals surface area (Å²) in [7, 11) is 0. The molecule has 2 rings (SSSR count). The van der Waals surface area contributed by atoms with Gasteiger partial charge in [0, 0.05) is 12.6 Å². The van der Waals surface area contributed by atoms with Crippen molar-refractivity contribution in [2.24, 2.45) is 11.7 Å². The van der Waals surface area contributed by atoms with Gasteiger partial charge in [-0.05, 0) is 32.6 Å². The number of halogens is 1. The van der Waals surface area contributed by atoms with Gasteiger partial charge in [-0.25, -0.2) is 0 Å². The maximum atomic E-state index is 11.9. The predicted octanol–water partition coefficient (Wildman–Crippen LogP) is 1.26. The lowest BCUT2D eigenvalue weighted by molar-refractivity contribution is 0.0888. The predicted molar refractivity (Wildman–Crippen MR) is 66.1 cm³/mol. The number of aromatic nitrogens is 1. The number of rotatable bonds is 4. The van der Waals surface area contributed by atoms with Crippen molar-refractivity contribution in [3.8, 4) is 0 Å². The van der Waals surface area contributed by atoms with E-state index in [-0.39, 0.29) is 23.9 Å². The largest absolute Gasteiger partial charge is 0.361 e. The Morgan fingerprint density at radius 2 is 2.35 bits per heavy atom. The van der Waals surface area contributed by atoms with Crippen LogP contribution in [0, 0.1) is 12.8 Å². The molecule has 3 N–H and O–H groups in total. The summed E-state index contributed by atoms with van der Waals surface area (Å²) in [6, 6.07) is 1.62. The molecule has 1 unspecified atom stereocenters. The van der Waals surface area contributed by atoms with E-state index in [0.717, 1.165) is 12.8 Å². The van der Waals surface area contributed by atoms with Gasteiger partial charge in [0.15, 0.2) is 5.69 Å². The second-order valence-corrected chi connectivity index (χ2v) is 4.67. The zero-order valence-electron chi connectivity index (χ0n) is 10.0. The maximum Gasteiger partial charge on any atom is 0.273 e. The Hall–Kier alpha value is -1.07. The fraction of sp³-hybridized carbons (Fsp3) is 0.636. The minimum Gasteiger partial charge on any atom is -0.361 e. The molecule has 0 spiro atoms. The Morgan fingerprint density at radius 3 is 2.76 bits per heavy atom. The summed E-state index contributed by atoms with van der Waals surface area (Å²) in [5, 5.41) is 6.63. The molecule has 0 bridgehead atoms. The molecule has 0 aliphatic heterocycles. The third-order valence-corrected chi connectivity index (χ3v) is 3.16. The Balaban J connectivity index is 0.00000144. The molecule has 1 saturated carbocycles. The second-order valence-electron chi connectivity index (χ2n) is 4.67. The number of nitrogens with zero attached hydrogens (tertiary/aromatic N) is 1. The second kappa shape index (κ2) is 5.06. The van der Waals surface area contributed by atoms with Gasteiger partial charge in [0.25, 0.3) is 5.91 Å². The molecule has 96 valence electrons. The molecular weight excluding hydrogens is 242 g/mol. The molecule has 1 heterocycles. The number of hydrogen-bond acceptors (Lipinski definition) is 4. The van der Waals surface area contributed by atoms with Crippen LogP contribution in [-0.2, 0) is 0 Å². The van der Waals surface area contributed by atoms with Crippen molar-refractivity contribution in [1.82, 2.24) is 10.5 Å². The number of amides is 1. The third-order valence-electron chi connectivity index (χ3n) is 3.16. The van der Waals surface area contributed by atoms with Crippen LogP contribution in [0.5, 0.6) is 0 Å². The molecule has 1 aliphatic carbocycles. The SMILES string of the molecule is Cc1cc(C(=O)NC(C)(CN)C2CC2)no1.Cl. The highest BCUT2D eigenvalue weighted by molar-refractivity contribution is 5.92. The van der Waals surface area contributed by atoms with E-state index < -0.39 is 0 Å². The Labute approximate surface area is 107 Å². The van der Waals surface area contributed by atoms with Crippen LogP contribution in [0.3, 0.4) is 0 Å². The average Bonchev–Trinajstić information content (AvgIpc) is 3.02. The number of aryl methyl sites for hydroxylation is 1. The Morgan fingerprint density at radius 1 is 1.71 bits per heavy atom. The van der Waals surface area contributed by atoms with Gasteiger partial charge < -0.3 is 15.6 Å². The summed E-state index contributed by atoms with van der Waals surface area (Å²) in [5.74, 6) is 0.914. The van der Waals surface area contributed by atoms with Gasteiger partial charge in [0.1, 0.15) is 5.76 Å². The van der Waals surface area contributed by atoms with E-state index in [4.69, 9.17) is 10.3 Å². The number of hydrogen-bond donors (Lipinski definition) is 2. The van der Waals surface area contributed by atoms with Gasteiger partial charge >= 0.3 is 0 Å². The molecule has 6 heteroatoms. The lowest BCUT2D eigenvalue weighted by Crippen LogP contribution is -2.53. The highest BCUT2D eigenvalue weighted by Crippen LogP contribution is 2.39. The zero-order valence-corrected chi connectivity index (χ0v) is 10.8. The van der Waals surface area contributed by atoms with Crippen LogP contribution >= 0.6 is 12.4 Å². The topological polar surface area (TPSA) is 81.2 Å². The molecule has 0 radical (unpaired) electrons. The molecule has 17 heavy (non-hydrogen) atoms. The van der Waals surface area contributed by atoms with E-state index in [0.29, 0.717) is 23.9 Å². The highest BCUT2D eigenvalue weighted by atomic mass is 35.5. The van der Waals surface area contributed by atoms with E-state index in [9.17, 15) is 4.79 Å². The van der Waals surface area contributed by atoms with Crippen LogP contribution in [0.2, 0.25) is 0 Å². The van der Waals surface area contributed by atoms with E-state index in [1.807, 2.05) is 6.92 Å². The van der Waals surface area contributed by atoms with Gasteiger partial charge in [-0.2, -0.15) is 0 Å². The first-order chi connectivity index (χ1) is 7.55. The molecular formula is C11H18ClN3O2. The number of nitrogens with two attached hydrogens (primary N) is 1. The standard InChI is InChI=1S/C11H17N3O2.ClH/c1-7-5-9(14-16-7)10(15)13-11(2,6-12)8-3-4-8;/h5,8H,3-4,6,12H2,1-2H3,(H,13,15);1H. The van der Waals surface area contributed by atoms with E-state index in [1.54, 1.807) is 13.0 Å². The average molecular weight is 260 g/mol. The summed E-state index contributed by atoms with van der Waals surface area (Å²) in [5.41, 5.74) is 5.72. The van der Waals surface area contributed by atoms with Gasteiger partial charge in [0.05, 0.1) is 5.54 Å². The van der Waals surface area contributed by atoms with Crippen molar-refractivity contribution in [3.05, 3.63) is 17.5 Å². The molecule has 0 saturated heterocycles. The van der Waals surface area contributed by atoms with Crippen LogP contribution in [0.4, 0.5) is 0 Å². The maximum absolute atomic E-state index is 11.9. The zero-order chi connectivity index (χ0) is 11.8. The lowest BCUT2D eigenvalue weighted by atomic mass is 9.96. The van der Waals surface area contributed by atoms with Crippen LogP contribution in [0.25, 0.3) is 0 Å². The molecule has 1 aromatic heterocycles. The van der Waals surface area contributed by atoms with Crippen molar-refractivity contribution < 1.29 is 9.32 Å². The van der Waals surface area contributed by atoms with Crippen molar-refractivity contribution in [2.75, 3.05) is 6.54 Å². The number of carbonyl (C=O) groups excluding carboxylic acids is 1. The Bertz CT molecular complexity index is 403. The molecule has 5 nitrogen and oxygen atoms in total. The van der Waals surface area contributed by atoms with Crippen LogP contribution < -0.4 is 11.1 Å². The van der Waals surface area contributed by atoms with Gasteiger partial charge in [-0.1, -0.05) is 5.16 Å². The number of nitrogens with one attached hydrogen (secondary N) is 1. The van der Waals surface area contributed by atoms with E-state index in [1.165, 1.54) is 0 Å². The normalized spacial score (nSPS) is 18.1. The minimum atomic E-state index is -0.316. The summed E-state index contributed by atoms with van der Waals surface area (Å²) in [6.45, 7) is 4.18. The van der Waals surface area contributed by atoms with Gasteiger partial charge in [0.2, 0.25) is 0 Å². The minimum absolute atomic E-state index is 0. The monoisotopic (exact) mass is 259 g/mol. The quantitative estimate of drug-likeness (QED) is 0.853. The van der Waals surface area contributed by atoms with Crippen LogP contribution in [-0.4, -0.2) is 23.1 Å². The van der Waals surface area contributed by atoms with Gasteiger partial charge in [-0.15, -0.1) is 12.4 Å². The van der Waals surface area contributed by atoms with Crippen molar-refractivity contribution in [2.45, 2.75) is 32.2 Å². The van der Waals surface area contributed by atoms with Crippen molar-refractivity contribution >= 4 is 18.3 Å². The fourth-order valence-electron chi connectivity index (χ4n) is 1.84.